The van der Waals surface area contributed by atoms with Gasteiger partial charge in [-0.1, -0.05) is 20.3 Å². The molecular formula is C10H21N. The second-order valence-electron chi connectivity index (χ2n) is 3.84. The lowest BCUT2D eigenvalue weighted by molar-refractivity contribution is 0.136. The van der Waals surface area contributed by atoms with Crippen molar-refractivity contribution in [2.45, 2.75) is 45.6 Å². The van der Waals surface area contributed by atoms with Gasteiger partial charge in [-0.25, -0.2) is 0 Å². The maximum absolute atomic E-state index is 2.52. The topological polar surface area (TPSA) is 3.24 Å². The van der Waals surface area contributed by atoms with Gasteiger partial charge in [0.05, 0.1) is 0 Å². The van der Waals surface area contributed by atoms with Gasteiger partial charge in [0.1, 0.15) is 0 Å². The second kappa shape index (κ2) is 4.10. The van der Waals surface area contributed by atoms with E-state index in [4.69, 9.17) is 0 Å². The average Bonchev–Trinajstić information content (AvgIpc) is 2.05. The Morgan fingerprint density at radius 1 is 1.27 bits per heavy atom. The van der Waals surface area contributed by atoms with E-state index >= 15 is 0 Å². The first-order valence-corrected chi connectivity index (χ1v) is 4.98. The van der Waals surface area contributed by atoms with Gasteiger partial charge < -0.3 is 4.90 Å². The Morgan fingerprint density at radius 2 is 2.00 bits per heavy atom. The third kappa shape index (κ3) is 2.19. The predicted octanol–water partition coefficient (Wildman–Crippen LogP) is 2.52. The van der Waals surface area contributed by atoms with Gasteiger partial charge in [0, 0.05) is 6.04 Å². The molecule has 0 radical (unpaired) electrons. The van der Waals surface area contributed by atoms with Gasteiger partial charge in [0.25, 0.3) is 0 Å². The van der Waals surface area contributed by atoms with Crippen molar-refractivity contribution < 1.29 is 0 Å². The van der Waals surface area contributed by atoms with Crippen LogP contribution in [0.1, 0.15) is 39.5 Å². The van der Waals surface area contributed by atoms with Crippen LogP contribution in [0.15, 0.2) is 0 Å². The van der Waals surface area contributed by atoms with Crippen LogP contribution in [0.3, 0.4) is 0 Å². The Balaban J connectivity index is 2.37. The molecule has 0 N–H and O–H groups in total. The molecule has 2 unspecified atom stereocenters. The highest BCUT2D eigenvalue weighted by molar-refractivity contribution is 4.77. The molecule has 1 fully saturated rings. The molecular weight excluding hydrogens is 134 g/mol. The average molecular weight is 155 g/mol. The van der Waals surface area contributed by atoms with E-state index in [1.54, 1.807) is 0 Å². The summed E-state index contributed by atoms with van der Waals surface area (Å²) in [6, 6.07) is 0.869. The Hall–Kier alpha value is -0.0400. The van der Waals surface area contributed by atoms with Crippen molar-refractivity contribution >= 4 is 0 Å². The van der Waals surface area contributed by atoms with E-state index in [0.717, 1.165) is 12.0 Å². The lowest BCUT2D eigenvalue weighted by Crippen LogP contribution is -2.39. The summed E-state index contributed by atoms with van der Waals surface area (Å²) < 4.78 is 0. The standard InChI is InChI=1S/C10H21N/c1-4-9-6-7-11(3)10(5-2)8-9/h9-10H,4-8H2,1-3H3. The van der Waals surface area contributed by atoms with Crippen molar-refractivity contribution in [1.29, 1.82) is 0 Å². The van der Waals surface area contributed by atoms with Crippen LogP contribution in [0, 0.1) is 5.92 Å². The fourth-order valence-corrected chi connectivity index (χ4v) is 2.10. The molecule has 1 heteroatoms. The Morgan fingerprint density at radius 3 is 2.55 bits per heavy atom. The molecule has 0 saturated carbocycles. The number of hydrogen-bond acceptors (Lipinski definition) is 1. The molecule has 0 aliphatic carbocycles. The van der Waals surface area contributed by atoms with Crippen LogP contribution in [-0.2, 0) is 0 Å². The zero-order chi connectivity index (χ0) is 8.27. The lowest BCUT2D eigenvalue weighted by Gasteiger charge is -2.36. The summed E-state index contributed by atoms with van der Waals surface area (Å²) in [5.74, 6) is 1.01. The van der Waals surface area contributed by atoms with Gasteiger partial charge in [-0.2, -0.15) is 0 Å². The quantitative estimate of drug-likeness (QED) is 0.592. The van der Waals surface area contributed by atoms with Crippen molar-refractivity contribution in [3.8, 4) is 0 Å². The van der Waals surface area contributed by atoms with Crippen LogP contribution in [0.4, 0.5) is 0 Å². The van der Waals surface area contributed by atoms with Crippen LogP contribution in [0.2, 0.25) is 0 Å². The minimum absolute atomic E-state index is 0.869. The van der Waals surface area contributed by atoms with Crippen molar-refractivity contribution in [1.82, 2.24) is 4.90 Å². The molecule has 0 bridgehead atoms. The molecule has 1 aliphatic heterocycles. The predicted molar refractivity (Wildman–Crippen MR) is 49.7 cm³/mol. The highest BCUT2D eigenvalue weighted by Gasteiger charge is 2.22. The minimum atomic E-state index is 0.869. The van der Waals surface area contributed by atoms with E-state index in [1.165, 1.54) is 32.2 Å². The molecule has 1 saturated heterocycles. The summed E-state index contributed by atoms with van der Waals surface area (Å²) in [6.45, 7) is 5.94. The molecule has 1 rings (SSSR count). The largest absolute Gasteiger partial charge is 0.303 e. The molecule has 1 aliphatic rings. The highest BCUT2D eigenvalue weighted by atomic mass is 15.1. The smallest absolute Gasteiger partial charge is 0.00922 e. The Bertz CT molecular complexity index is 111. The van der Waals surface area contributed by atoms with Crippen LogP contribution >= 0.6 is 0 Å². The van der Waals surface area contributed by atoms with Gasteiger partial charge in [-0.05, 0) is 38.8 Å². The van der Waals surface area contributed by atoms with Gasteiger partial charge in [0.2, 0.25) is 0 Å². The van der Waals surface area contributed by atoms with E-state index in [0.29, 0.717) is 0 Å². The normalized spacial score (nSPS) is 34.1. The molecule has 0 aromatic heterocycles. The van der Waals surface area contributed by atoms with E-state index in [9.17, 15) is 0 Å². The highest BCUT2D eigenvalue weighted by Crippen LogP contribution is 2.25. The lowest BCUT2D eigenvalue weighted by atomic mass is 9.88. The summed E-state index contributed by atoms with van der Waals surface area (Å²) in [5, 5.41) is 0. The van der Waals surface area contributed by atoms with Crippen molar-refractivity contribution in [3.05, 3.63) is 0 Å². The Kier molecular flexibility index (Phi) is 3.38. The summed E-state index contributed by atoms with van der Waals surface area (Å²) in [4.78, 5) is 2.52. The minimum Gasteiger partial charge on any atom is -0.303 e. The number of piperidine rings is 1. The Labute approximate surface area is 70.8 Å². The monoisotopic (exact) mass is 155 g/mol. The van der Waals surface area contributed by atoms with Crippen LogP contribution in [-0.4, -0.2) is 24.5 Å². The van der Waals surface area contributed by atoms with Gasteiger partial charge >= 0.3 is 0 Å². The third-order valence-electron chi connectivity index (χ3n) is 3.17. The molecule has 11 heavy (non-hydrogen) atoms. The molecule has 0 spiro atoms. The summed E-state index contributed by atoms with van der Waals surface area (Å²) in [5.41, 5.74) is 0. The zero-order valence-corrected chi connectivity index (χ0v) is 8.14. The van der Waals surface area contributed by atoms with E-state index in [2.05, 4.69) is 25.8 Å². The second-order valence-corrected chi connectivity index (χ2v) is 3.84. The first-order chi connectivity index (χ1) is 5.27. The molecule has 0 aromatic carbocycles. The third-order valence-corrected chi connectivity index (χ3v) is 3.17. The maximum Gasteiger partial charge on any atom is 0.00922 e. The summed E-state index contributed by atoms with van der Waals surface area (Å²) in [6.07, 6.45) is 5.56. The number of nitrogens with zero attached hydrogens (tertiary/aromatic N) is 1. The van der Waals surface area contributed by atoms with Gasteiger partial charge in [-0.15, -0.1) is 0 Å². The van der Waals surface area contributed by atoms with Crippen LogP contribution in [0.5, 0.6) is 0 Å². The first kappa shape index (κ1) is 9.05. The zero-order valence-electron chi connectivity index (χ0n) is 8.14. The van der Waals surface area contributed by atoms with Crippen molar-refractivity contribution in [2.24, 2.45) is 5.92 Å². The maximum atomic E-state index is 2.52. The van der Waals surface area contributed by atoms with E-state index < -0.39 is 0 Å². The van der Waals surface area contributed by atoms with Crippen LogP contribution in [0.25, 0.3) is 0 Å². The molecule has 1 heterocycles. The number of rotatable bonds is 2. The molecule has 1 nitrogen and oxygen atoms in total. The van der Waals surface area contributed by atoms with Crippen molar-refractivity contribution in [3.63, 3.8) is 0 Å². The number of hydrogen-bond donors (Lipinski definition) is 0. The van der Waals surface area contributed by atoms with E-state index in [1.807, 2.05) is 0 Å². The van der Waals surface area contributed by atoms with Crippen LogP contribution < -0.4 is 0 Å². The molecule has 66 valence electrons. The molecule has 2 atom stereocenters. The SMILES string of the molecule is CCC1CCN(C)C(CC)C1. The van der Waals surface area contributed by atoms with E-state index in [-0.39, 0.29) is 0 Å². The fourth-order valence-electron chi connectivity index (χ4n) is 2.10. The molecule has 0 aromatic rings. The van der Waals surface area contributed by atoms with Crippen molar-refractivity contribution in [2.75, 3.05) is 13.6 Å². The fraction of sp³-hybridized carbons (Fsp3) is 1.00. The first-order valence-electron chi connectivity index (χ1n) is 4.98. The van der Waals surface area contributed by atoms with Gasteiger partial charge in [0.15, 0.2) is 0 Å². The summed E-state index contributed by atoms with van der Waals surface area (Å²) in [7, 11) is 2.26. The molecule has 0 amide bonds. The summed E-state index contributed by atoms with van der Waals surface area (Å²) >= 11 is 0. The number of likely N-dealkylation sites (tertiary alicyclic amines) is 1. The van der Waals surface area contributed by atoms with Gasteiger partial charge in [-0.3, -0.25) is 0 Å².